The van der Waals surface area contributed by atoms with Gasteiger partial charge >= 0.3 is 372 Å². The van der Waals surface area contributed by atoms with Gasteiger partial charge in [-0.15, -0.1) is 0 Å². The van der Waals surface area contributed by atoms with E-state index in [1.54, 1.807) is 0 Å². The molecule has 0 saturated heterocycles. The molecule has 0 unspecified atom stereocenters. The second-order valence-corrected chi connectivity index (χ2v) is 35.0. The van der Waals surface area contributed by atoms with E-state index in [-0.39, 0.29) is 0 Å². The standard InChI is InChI=1S/9C6H5.BH3O3.3Sn/c9*1-2-4-6-5-3-1;2-1(3)4;;;/h9*1-5H;2-4H;;;. The molecule has 9 rings (SSSR count). The SMILES string of the molecule is OB(O)O.c1cc[c]([Sn]([c]2ccccc2)[c]2ccccc2)cc1.c1cc[c]([Sn]([c]2ccccc2)[c]2ccccc2)cc1.c1cc[c]([Sn]([c]2ccccc2)[c]2ccccc2)cc1. The third-order valence-electron chi connectivity index (χ3n) is 9.56. The third kappa shape index (κ3) is 14.7. The molecule has 0 atom stereocenters. The molecule has 297 valence electrons. The summed E-state index contributed by atoms with van der Waals surface area (Å²) in [5.74, 6) is 0. The van der Waals surface area contributed by atoms with Crippen molar-refractivity contribution in [2.45, 2.75) is 0 Å². The van der Waals surface area contributed by atoms with Crippen molar-refractivity contribution in [1.29, 1.82) is 0 Å². The van der Waals surface area contributed by atoms with Crippen molar-refractivity contribution in [3.05, 3.63) is 273 Å². The molecule has 9 aromatic carbocycles. The molecule has 3 N–H and O–H groups in total. The van der Waals surface area contributed by atoms with Gasteiger partial charge in [0.15, 0.2) is 0 Å². The van der Waals surface area contributed by atoms with Crippen LogP contribution in [-0.2, 0) is 0 Å². The van der Waals surface area contributed by atoms with E-state index in [2.05, 4.69) is 273 Å². The van der Waals surface area contributed by atoms with Gasteiger partial charge in [0.25, 0.3) is 0 Å². The molecule has 0 bridgehead atoms. The molecule has 0 saturated carbocycles. The number of hydrogen-bond acceptors (Lipinski definition) is 3. The van der Waals surface area contributed by atoms with Crippen molar-refractivity contribution in [3.63, 3.8) is 0 Å². The quantitative estimate of drug-likeness (QED) is 0.186. The van der Waals surface area contributed by atoms with Crippen LogP contribution in [0.5, 0.6) is 0 Å². The molecule has 0 aliphatic carbocycles. The fourth-order valence-electron chi connectivity index (χ4n) is 6.94. The van der Waals surface area contributed by atoms with Gasteiger partial charge in [0.1, 0.15) is 0 Å². The van der Waals surface area contributed by atoms with Gasteiger partial charge in [-0.1, -0.05) is 0 Å². The Bertz CT molecular complexity index is 1930. The first-order valence-corrected chi connectivity index (χ1v) is 33.1. The van der Waals surface area contributed by atoms with Crippen molar-refractivity contribution in [2.75, 3.05) is 0 Å². The van der Waals surface area contributed by atoms with E-state index >= 15 is 0 Å². The van der Waals surface area contributed by atoms with E-state index in [4.69, 9.17) is 15.1 Å². The number of benzene rings is 9. The molecule has 61 heavy (non-hydrogen) atoms. The predicted molar refractivity (Wildman–Crippen MR) is 264 cm³/mol. The van der Waals surface area contributed by atoms with Gasteiger partial charge in [-0.25, -0.2) is 0 Å². The fourth-order valence-corrected chi connectivity index (χ4v) is 29.0. The van der Waals surface area contributed by atoms with Crippen LogP contribution in [0.3, 0.4) is 0 Å². The minimum absolute atomic E-state index is 1.53. The van der Waals surface area contributed by atoms with E-state index in [1.165, 1.54) is 32.2 Å². The maximum atomic E-state index is 7.17. The average molecular weight is 1110 g/mol. The van der Waals surface area contributed by atoms with Crippen molar-refractivity contribution >= 4 is 98.8 Å². The fraction of sp³-hybridized carbons (Fsp3) is 0. The Labute approximate surface area is 383 Å². The molecule has 3 radical (unpaired) electrons. The van der Waals surface area contributed by atoms with Crippen LogP contribution in [0.2, 0.25) is 0 Å². The monoisotopic (exact) mass is 1120 g/mol. The summed E-state index contributed by atoms with van der Waals surface area (Å²) in [6.45, 7) is 0. The van der Waals surface area contributed by atoms with Gasteiger partial charge in [0.2, 0.25) is 0 Å². The van der Waals surface area contributed by atoms with Gasteiger partial charge in [-0.2, -0.15) is 0 Å². The molecule has 0 aromatic heterocycles. The van der Waals surface area contributed by atoms with Crippen LogP contribution in [0.1, 0.15) is 0 Å². The zero-order chi connectivity index (χ0) is 42.3. The normalized spacial score (nSPS) is 10.3. The Morgan fingerprint density at radius 2 is 0.262 bits per heavy atom. The Kier molecular flexibility index (Phi) is 19.5. The molecule has 0 amide bonds. The predicted octanol–water partition coefficient (Wildman–Crippen LogP) is 4.56. The number of hydrogen-bond donors (Lipinski definition) is 3. The van der Waals surface area contributed by atoms with Crippen molar-refractivity contribution < 1.29 is 15.1 Å². The van der Waals surface area contributed by atoms with E-state index in [1.807, 2.05) is 0 Å². The molecule has 0 heterocycles. The zero-order valence-electron chi connectivity index (χ0n) is 33.9. The maximum absolute atomic E-state index is 7.17. The Morgan fingerprint density at radius 3 is 0.344 bits per heavy atom. The van der Waals surface area contributed by atoms with E-state index in [0.717, 1.165) is 0 Å². The van der Waals surface area contributed by atoms with Crippen molar-refractivity contribution in [1.82, 2.24) is 0 Å². The molecular weight excluding hydrogens is 1060 g/mol. The van der Waals surface area contributed by atoms with Crippen LogP contribution in [-0.4, -0.2) is 81.7 Å². The van der Waals surface area contributed by atoms with E-state index in [9.17, 15) is 0 Å². The molecule has 0 aliphatic rings. The Hall–Kier alpha value is -4.68. The summed E-state index contributed by atoms with van der Waals surface area (Å²) in [5, 5.41) is 21.5. The summed E-state index contributed by atoms with van der Waals surface area (Å²) in [5.41, 5.74) is 0. The van der Waals surface area contributed by atoms with Crippen LogP contribution >= 0.6 is 0 Å². The summed E-state index contributed by atoms with van der Waals surface area (Å²) >= 11 is -5.94. The zero-order valence-corrected chi connectivity index (χ0v) is 42.5. The average Bonchev–Trinajstić information content (AvgIpc) is 3.33. The van der Waals surface area contributed by atoms with Crippen molar-refractivity contribution in [2.24, 2.45) is 0 Å². The van der Waals surface area contributed by atoms with Gasteiger partial charge in [-0.05, 0) is 0 Å². The van der Waals surface area contributed by atoms with Crippen LogP contribution in [0, 0.1) is 0 Å². The molecular formula is C54H48BO3Sn3. The summed E-state index contributed by atoms with van der Waals surface area (Å²) in [4.78, 5) is 0. The summed E-state index contributed by atoms with van der Waals surface area (Å²) < 4.78 is 13.8. The Morgan fingerprint density at radius 1 is 0.180 bits per heavy atom. The van der Waals surface area contributed by atoms with Crippen molar-refractivity contribution in [3.8, 4) is 0 Å². The van der Waals surface area contributed by atoms with E-state index < -0.39 is 66.6 Å². The van der Waals surface area contributed by atoms with Crippen LogP contribution in [0.4, 0.5) is 0 Å². The third-order valence-corrected chi connectivity index (χ3v) is 33.0. The minimum atomic E-state index is -2.17. The molecule has 0 spiro atoms. The van der Waals surface area contributed by atoms with Gasteiger partial charge in [0.05, 0.1) is 0 Å². The van der Waals surface area contributed by atoms with Crippen LogP contribution in [0.25, 0.3) is 0 Å². The molecule has 9 aromatic rings. The topological polar surface area (TPSA) is 60.7 Å². The molecule has 7 heteroatoms. The molecule has 0 aliphatic heterocycles. The first-order chi connectivity index (χ1) is 30.1. The van der Waals surface area contributed by atoms with Crippen LogP contribution < -0.4 is 32.2 Å². The summed E-state index contributed by atoms with van der Waals surface area (Å²) in [6.07, 6.45) is 0. The van der Waals surface area contributed by atoms with Gasteiger partial charge < -0.3 is 15.1 Å². The molecule has 3 nitrogen and oxygen atoms in total. The second kappa shape index (κ2) is 25.9. The summed E-state index contributed by atoms with van der Waals surface area (Å²) in [6, 6.07) is 98.8. The Balaban J connectivity index is 0.000000146. The second-order valence-electron chi connectivity index (χ2n) is 13.8. The van der Waals surface area contributed by atoms with Gasteiger partial charge in [0, 0.05) is 0 Å². The molecule has 0 fully saturated rings. The number of rotatable bonds is 9. The summed E-state index contributed by atoms with van der Waals surface area (Å²) in [7, 11) is -2.17. The van der Waals surface area contributed by atoms with Crippen LogP contribution in [0.15, 0.2) is 273 Å². The first kappa shape index (κ1) is 45.8. The first-order valence-electron chi connectivity index (χ1n) is 20.2. The van der Waals surface area contributed by atoms with Gasteiger partial charge in [-0.3, -0.25) is 0 Å². The van der Waals surface area contributed by atoms with E-state index in [0.29, 0.717) is 0 Å².